The number of rotatable bonds is 5. The fourth-order valence-electron chi connectivity index (χ4n) is 6.25. The maximum atomic E-state index is 12.8. The van der Waals surface area contributed by atoms with E-state index >= 15 is 0 Å². The molecule has 2 unspecified atom stereocenters. The lowest BCUT2D eigenvalue weighted by molar-refractivity contribution is -0.271. The summed E-state index contributed by atoms with van der Waals surface area (Å²) in [7, 11) is 0. The summed E-state index contributed by atoms with van der Waals surface area (Å²) in [6.07, 6.45) is 8.48. The Morgan fingerprint density at radius 2 is 1.48 bits per heavy atom. The van der Waals surface area contributed by atoms with Gasteiger partial charge in [-0.2, -0.15) is 0 Å². The first-order valence-corrected chi connectivity index (χ1v) is 9.51. The zero-order valence-electron chi connectivity index (χ0n) is 15.6. The summed E-state index contributed by atoms with van der Waals surface area (Å²) in [6.45, 7) is 10.5. The molecule has 0 radical (unpaired) electrons. The van der Waals surface area contributed by atoms with Crippen LogP contribution in [0.2, 0.25) is 0 Å². The Morgan fingerprint density at radius 3 is 1.91 bits per heavy atom. The van der Waals surface area contributed by atoms with E-state index in [1.54, 1.807) is 0 Å². The molecule has 3 nitrogen and oxygen atoms in total. The lowest BCUT2D eigenvalue weighted by Gasteiger charge is -2.68. The maximum Gasteiger partial charge on any atom is 0.312 e. The Bertz CT molecular complexity index is 487. The van der Waals surface area contributed by atoms with E-state index in [1.807, 2.05) is 20.8 Å². The Hall–Kier alpha value is -0.570. The second-order valence-electron chi connectivity index (χ2n) is 9.80. The van der Waals surface area contributed by atoms with Gasteiger partial charge in [-0.1, -0.05) is 33.6 Å². The van der Waals surface area contributed by atoms with Crippen LogP contribution in [0.15, 0.2) is 0 Å². The van der Waals surface area contributed by atoms with E-state index in [9.17, 15) is 9.90 Å². The van der Waals surface area contributed by atoms with Gasteiger partial charge >= 0.3 is 5.97 Å². The number of hydrogen-bond acceptors (Lipinski definition) is 3. The number of carbonyl (C=O) groups excluding carboxylic acids is 1. The minimum absolute atomic E-state index is 0.0805. The second kappa shape index (κ2) is 4.97. The summed E-state index contributed by atoms with van der Waals surface area (Å²) in [5, 5.41) is 11.2. The number of esters is 1. The summed E-state index contributed by atoms with van der Waals surface area (Å²) in [6, 6.07) is 0. The molecule has 1 N–H and O–H groups in total. The SMILES string of the molecule is CCC12CC3(O)CC(CC)(C1)CC(OC(=O)C(C)(C)CC)(C3)C2. The summed E-state index contributed by atoms with van der Waals surface area (Å²) < 4.78 is 6.23. The van der Waals surface area contributed by atoms with Gasteiger partial charge in [-0.3, -0.25) is 4.79 Å². The fourth-order valence-corrected chi connectivity index (χ4v) is 6.25. The molecular weight excluding hydrogens is 288 g/mol. The quantitative estimate of drug-likeness (QED) is 0.752. The summed E-state index contributed by atoms with van der Waals surface area (Å²) in [5.74, 6) is -0.0805. The van der Waals surface area contributed by atoms with Gasteiger partial charge in [0.15, 0.2) is 0 Å². The number of carbonyl (C=O) groups is 1. The van der Waals surface area contributed by atoms with Crippen molar-refractivity contribution in [3.63, 3.8) is 0 Å². The standard InChI is InChI=1S/C20H34O3/c1-6-16(4,5)15(21)23-20-12-17(7-2)9-18(8-3,13-20)11-19(22,10-17)14-20/h22H,6-14H2,1-5H3. The molecule has 4 bridgehead atoms. The highest BCUT2D eigenvalue weighted by atomic mass is 16.6. The Balaban J connectivity index is 1.95. The third-order valence-corrected chi connectivity index (χ3v) is 7.45. The fraction of sp³-hybridized carbons (Fsp3) is 0.950. The Labute approximate surface area is 141 Å². The van der Waals surface area contributed by atoms with Crippen LogP contribution < -0.4 is 0 Å². The highest BCUT2D eigenvalue weighted by Crippen LogP contribution is 2.70. The van der Waals surface area contributed by atoms with Crippen molar-refractivity contribution >= 4 is 5.97 Å². The molecule has 0 heterocycles. The predicted octanol–water partition coefficient (Wildman–Crippen LogP) is 4.61. The molecule has 4 aliphatic rings. The van der Waals surface area contributed by atoms with E-state index < -0.39 is 16.6 Å². The van der Waals surface area contributed by atoms with Crippen molar-refractivity contribution in [2.45, 2.75) is 104 Å². The van der Waals surface area contributed by atoms with Crippen LogP contribution in [-0.4, -0.2) is 22.3 Å². The molecule has 4 fully saturated rings. The van der Waals surface area contributed by atoms with Crippen molar-refractivity contribution in [1.82, 2.24) is 0 Å². The molecule has 4 aliphatic carbocycles. The van der Waals surface area contributed by atoms with E-state index in [2.05, 4.69) is 13.8 Å². The summed E-state index contributed by atoms with van der Waals surface area (Å²) in [5.41, 5.74) is -1.17. The van der Waals surface area contributed by atoms with Crippen LogP contribution in [0.4, 0.5) is 0 Å². The van der Waals surface area contributed by atoms with Crippen molar-refractivity contribution in [2.24, 2.45) is 16.2 Å². The highest BCUT2D eigenvalue weighted by Gasteiger charge is 2.68. The van der Waals surface area contributed by atoms with E-state index in [0.29, 0.717) is 6.42 Å². The molecule has 0 amide bonds. The highest BCUT2D eigenvalue weighted by molar-refractivity contribution is 5.76. The van der Waals surface area contributed by atoms with Crippen LogP contribution in [0.5, 0.6) is 0 Å². The zero-order valence-corrected chi connectivity index (χ0v) is 15.6. The average Bonchev–Trinajstić information content (AvgIpc) is 2.44. The van der Waals surface area contributed by atoms with Crippen LogP contribution in [0.3, 0.4) is 0 Å². The third kappa shape index (κ3) is 2.63. The summed E-state index contributed by atoms with van der Waals surface area (Å²) in [4.78, 5) is 12.8. The molecule has 0 aromatic rings. The van der Waals surface area contributed by atoms with Crippen molar-refractivity contribution in [2.75, 3.05) is 0 Å². The van der Waals surface area contributed by atoms with E-state index in [4.69, 9.17) is 4.74 Å². The summed E-state index contributed by atoms with van der Waals surface area (Å²) >= 11 is 0. The van der Waals surface area contributed by atoms with Crippen LogP contribution in [0.1, 0.15) is 92.4 Å². The second-order valence-corrected chi connectivity index (χ2v) is 9.80. The minimum atomic E-state index is -0.628. The first-order chi connectivity index (χ1) is 10.6. The maximum absolute atomic E-state index is 12.8. The molecule has 0 aromatic heterocycles. The van der Waals surface area contributed by atoms with E-state index in [-0.39, 0.29) is 16.8 Å². The number of ether oxygens (including phenoxy) is 1. The van der Waals surface area contributed by atoms with Crippen molar-refractivity contribution < 1.29 is 14.6 Å². The molecule has 4 saturated carbocycles. The topological polar surface area (TPSA) is 46.5 Å². The largest absolute Gasteiger partial charge is 0.459 e. The van der Waals surface area contributed by atoms with Crippen LogP contribution in [0.25, 0.3) is 0 Å². The number of aliphatic hydroxyl groups is 1. The smallest absolute Gasteiger partial charge is 0.312 e. The molecule has 0 aliphatic heterocycles. The van der Waals surface area contributed by atoms with Gasteiger partial charge < -0.3 is 9.84 Å². The lowest BCUT2D eigenvalue weighted by atomic mass is 9.40. The molecule has 3 heteroatoms. The van der Waals surface area contributed by atoms with Gasteiger partial charge in [-0.15, -0.1) is 0 Å². The first kappa shape index (κ1) is 17.3. The van der Waals surface area contributed by atoms with Crippen LogP contribution in [-0.2, 0) is 9.53 Å². The number of hydrogen-bond donors (Lipinski definition) is 1. The molecule has 0 aromatic carbocycles. The Morgan fingerprint density at radius 1 is 0.957 bits per heavy atom. The average molecular weight is 322 g/mol. The molecule has 132 valence electrons. The van der Waals surface area contributed by atoms with Gasteiger partial charge in [0.05, 0.1) is 11.0 Å². The molecule has 0 saturated heterocycles. The van der Waals surface area contributed by atoms with E-state index in [1.165, 1.54) is 6.42 Å². The van der Waals surface area contributed by atoms with Gasteiger partial charge in [0.25, 0.3) is 0 Å². The van der Waals surface area contributed by atoms with Gasteiger partial charge in [-0.25, -0.2) is 0 Å². The monoisotopic (exact) mass is 322 g/mol. The van der Waals surface area contributed by atoms with E-state index in [0.717, 1.165) is 44.9 Å². The molecular formula is C20H34O3. The predicted molar refractivity (Wildman–Crippen MR) is 91.0 cm³/mol. The van der Waals surface area contributed by atoms with Crippen molar-refractivity contribution in [1.29, 1.82) is 0 Å². The molecule has 0 spiro atoms. The van der Waals surface area contributed by atoms with Gasteiger partial charge in [-0.05, 0) is 63.2 Å². The minimum Gasteiger partial charge on any atom is -0.459 e. The first-order valence-electron chi connectivity index (χ1n) is 9.51. The lowest BCUT2D eigenvalue weighted by Crippen LogP contribution is -2.67. The van der Waals surface area contributed by atoms with Gasteiger partial charge in [0.2, 0.25) is 0 Å². The molecule has 2 atom stereocenters. The van der Waals surface area contributed by atoms with Gasteiger partial charge in [0, 0.05) is 6.42 Å². The normalized spacial score (nSPS) is 45.3. The third-order valence-electron chi connectivity index (χ3n) is 7.45. The van der Waals surface area contributed by atoms with Gasteiger partial charge in [0.1, 0.15) is 5.60 Å². The van der Waals surface area contributed by atoms with Crippen molar-refractivity contribution in [3.8, 4) is 0 Å². The zero-order chi connectivity index (χ0) is 17.1. The Kier molecular flexibility index (Phi) is 3.73. The van der Waals surface area contributed by atoms with Crippen molar-refractivity contribution in [3.05, 3.63) is 0 Å². The van der Waals surface area contributed by atoms with Crippen LogP contribution >= 0.6 is 0 Å². The molecule has 23 heavy (non-hydrogen) atoms. The molecule has 4 rings (SSSR count). The van der Waals surface area contributed by atoms with Crippen LogP contribution in [0, 0.1) is 16.2 Å².